The fraction of sp³-hybridized carbons (Fsp3) is 0.333. The van der Waals surface area contributed by atoms with Crippen LogP contribution in [0.3, 0.4) is 0 Å². The monoisotopic (exact) mass is 389 g/mol. The highest BCUT2D eigenvalue weighted by atomic mass is 16.3. The fourth-order valence-corrected chi connectivity index (χ4v) is 3.58. The summed E-state index contributed by atoms with van der Waals surface area (Å²) in [6.45, 7) is 6.67. The number of rotatable bonds is 5. The largest absolute Gasteiger partial charge is 0.395 e. The van der Waals surface area contributed by atoms with E-state index in [4.69, 9.17) is 0 Å². The van der Waals surface area contributed by atoms with Gasteiger partial charge in [-0.25, -0.2) is 14.6 Å². The van der Waals surface area contributed by atoms with Crippen LogP contribution in [-0.2, 0) is 5.41 Å². The van der Waals surface area contributed by atoms with Gasteiger partial charge in [-0.05, 0) is 37.6 Å². The Morgan fingerprint density at radius 2 is 2.17 bits per heavy atom. The molecule has 3 heterocycles. The molecular formula is C21H23N7O. The van der Waals surface area contributed by atoms with Gasteiger partial charge in [-0.15, -0.1) is 0 Å². The first-order valence-electron chi connectivity index (χ1n) is 9.52. The van der Waals surface area contributed by atoms with Crippen molar-refractivity contribution in [2.45, 2.75) is 32.2 Å². The van der Waals surface area contributed by atoms with Gasteiger partial charge in [-0.1, -0.05) is 6.92 Å². The number of hydrogen-bond acceptors (Lipinski definition) is 7. The van der Waals surface area contributed by atoms with Crippen molar-refractivity contribution < 1.29 is 5.11 Å². The van der Waals surface area contributed by atoms with Crippen LogP contribution >= 0.6 is 0 Å². The van der Waals surface area contributed by atoms with Crippen LogP contribution in [0.5, 0.6) is 0 Å². The first kappa shape index (κ1) is 18.9. The molecule has 148 valence electrons. The third-order valence-corrected chi connectivity index (χ3v) is 5.26. The summed E-state index contributed by atoms with van der Waals surface area (Å²) in [4.78, 5) is 8.96. The number of hydrogen-bond donors (Lipinski definition) is 3. The van der Waals surface area contributed by atoms with Crippen LogP contribution in [0.25, 0.3) is 11.3 Å². The van der Waals surface area contributed by atoms with Crippen LogP contribution in [0.1, 0.15) is 37.9 Å². The Morgan fingerprint density at radius 1 is 1.34 bits per heavy atom. The molecule has 3 N–H and O–H groups in total. The molecule has 1 aromatic carbocycles. The van der Waals surface area contributed by atoms with E-state index in [0.29, 0.717) is 23.8 Å². The number of fused-ring (bicyclic) bond motifs is 1. The Kier molecular flexibility index (Phi) is 4.68. The number of nitrogens with one attached hydrogen (secondary N) is 2. The van der Waals surface area contributed by atoms with Crippen LogP contribution in [0.2, 0.25) is 0 Å². The lowest BCUT2D eigenvalue weighted by atomic mass is 9.83. The minimum Gasteiger partial charge on any atom is -0.395 e. The van der Waals surface area contributed by atoms with Gasteiger partial charge in [-0.3, -0.25) is 0 Å². The lowest BCUT2D eigenvalue weighted by Gasteiger charge is -2.21. The third-order valence-electron chi connectivity index (χ3n) is 5.26. The van der Waals surface area contributed by atoms with Crippen LogP contribution in [0.15, 0.2) is 36.7 Å². The molecule has 0 spiro atoms. The molecule has 0 saturated carbocycles. The minimum absolute atomic E-state index is 0.00288. The molecule has 4 rings (SSSR count). The Morgan fingerprint density at radius 3 is 2.90 bits per heavy atom. The van der Waals surface area contributed by atoms with Crippen molar-refractivity contribution in [3.05, 3.63) is 47.8 Å². The van der Waals surface area contributed by atoms with Gasteiger partial charge in [0.25, 0.3) is 0 Å². The third kappa shape index (κ3) is 3.30. The summed E-state index contributed by atoms with van der Waals surface area (Å²) in [6, 6.07) is 9.96. The maximum Gasteiger partial charge on any atom is 0.228 e. The summed E-state index contributed by atoms with van der Waals surface area (Å²) in [5.41, 5.74) is 3.34. The van der Waals surface area contributed by atoms with Crippen LogP contribution in [0.4, 0.5) is 17.5 Å². The van der Waals surface area contributed by atoms with Crippen LogP contribution in [0, 0.1) is 11.3 Å². The topological polar surface area (TPSA) is 112 Å². The van der Waals surface area contributed by atoms with Crippen molar-refractivity contribution in [1.29, 1.82) is 5.26 Å². The molecule has 0 aliphatic carbocycles. The second-order valence-electron chi connectivity index (χ2n) is 7.78. The van der Waals surface area contributed by atoms with Crippen molar-refractivity contribution in [2.24, 2.45) is 0 Å². The molecule has 0 fully saturated rings. The molecule has 1 atom stereocenters. The average Bonchev–Trinajstić information content (AvgIpc) is 3.33. The molecule has 29 heavy (non-hydrogen) atoms. The molecule has 8 nitrogen and oxygen atoms in total. The van der Waals surface area contributed by atoms with Gasteiger partial charge in [0, 0.05) is 35.8 Å². The Hall–Kier alpha value is -3.44. The van der Waals surface area contributed by atoms with E-state index in [9.17, 15) is 10.4 Å². The van der Waals surface area contributed by atoms with Gasteiger partial charge in [-0.2, -0.15) is 10.4 Å². The SMILES string of the molecule is CC(C)n1nccc1Nc1nccc(-c2cc(C#N)c3c(c2)[C@](C)(CO)CN3)n1. The molecule has 1 aliphatic rings. The summed E-state index contributed by atoms with van der Waals surface area (Å²) >= 11 is 0. The number of aliphatic hydroxyl groups excluding tert-OH is 1. The highest BCUT2D eigenvalue weighted by Crippen LogP contribution is 2.41. The van der Waals surface area contributed by atoms with Crippen molar-refractivity contribution in [3.8, 4) is 17.3 Å². The number of aliphatic hydroxyl groups is 1. The van der Waals surface area contributed by atoms with Crippen LogP contribution < -0.4 is 10.6 Å². The molecule has 0 saturated heterocycles. The standard InChI is InChI=1S/C21H23N7O/c1-13(2)28-18(5-7-25-28)27-20-23-6-4-17(26-20)14-8-15(10-22)19-16(9-14)21(3,12-29)11-24-19/h4-9,13,24,29H,11-12H2,1-3H3,(H,23,26,27)/t21-/m0/s1. The van der Waals surface area contributed by atoms with E-state index in [1.807, 2.05) is 35.9 Å². The quantitative estimate of drug-likeness (QED) is 0.614. The fourth-order valence-electron chi connectivity index (χ4n) is 3.58. The van der Waals surface area contributed by atoms with Gasteiger partial charge in [0.1, 0.15) is 11.9 Å². The van der Waals surface area contributed by atoms with Crippen molar-refractivity contribution in [2.75, 3.05) is 23.8 Å². The van der Waals surface area contributed by atoms with E-state index in [0.717, 1.165) is 22.6 Å². The van der Waals surface area contributed by atoms with Gasteiger partial charge in [0.2, 0.25) is 5.95 Å². The smallest absolute Gasteiger partial charge is 0.228 e. The molecule has 8 heteroatoms. The summed E-state index contributed by atoms with van der Waals surface area (Å²) in [5.74, 6) is 1.26. The predicted molar refractivity (Wildman–Crippen MR) is 111 cm³/mol. The van der Waals surface area contributed by atoms with E-state index < -0.39 is 5.41 Å². The van der Waals surface area contributed by atoms with Crippen LogP contribution in [-0.4, -0.2) is 38.0 Å². The zero-order valence-electron chi connectivity index (χ0n) is 16.6. The van der Waals surface area contributed by atoms with E-state index in [-0.39, 0.29) is 12.6 Å². The molecule has 0 amide bonds. The first-order valence-corrected chi connectivity index (χ1v) is 9.52. The zero-order chi connectivity index (χ0) is 20.6. The minimum atomic E-state index is -0.436. The van der Waals surface area contributed by atoms with Gasteiger partial charge >= 0.3 is 0 Å². The molecule has 3 aromatic rings. The molecule has 2 aromatic heterocycles. The van der Waals surface area contributed by atoms with Crippen molar-refractivity contribution in [3.63, 3.8) is 0 Å². The van der Waals surface area contributed by atoms with E-state index in [1.165, 1.54) is 0 Å². The summed E-state index contributed by atoms with van der Waals surface area (Å²) in [6.07, 6.45) is 3.41. The zero-order valence-corrected chi connectivity index (χ0v) is 16.6. The lowest BCUT2D eigenvalue weighted by Crippen LogP contribution is -2.28. The Labute approximate surface area is 169 Å². The number of nitriles is 1. The van der Waals surface area contributed by atoms with Gasteiger partial charge in [0.05, 0.1) is 29.7 Å². The average molecular weight is 389 g/mol. The number of anilines is 3. The Bertz CT molecular complexity index is 1100. The summed E-state index contributed by atoms with van der Waals surface area (Å²) in [5, 5.41) is 30.3. The summed E-state index contributed by atoms with van der Waals surface area (Å²) in [7, 11) is 0. The van der Waals surface area contributed by atoms with Crippen molar-refractivity contribution in [1.82, 2.24) is 19.7 Å². The Balaban J connectivity index is 1.73. The number of nitrogens with zero attached hydrogens (tertiary/aromatic N) is 5. The van der Waals surface area contributed by atoms with E-state index in [2.05, 4.69) is 45.6 Å². The molecule has 1 aliphatic heterocycles. The molecular weight excluding hydrogens is 366 g/mol. The van der Waals surface area contributed by atoms with E-state index >= 15 is 0 Å². The van der Waals surface area contributed by atoms with Crippen molar-refractivity contribution >= 4 is 17.5 Å². The first-order chi connectivity index (χ1) is 13.9. The second-order valence-corrected chi connectivity index (χ2v) is 7.78. The highest BCUT2D eigenvalue weighted by molar-refractivity contribution is 5.76. The molecule has 0 radical (unpaired) electrons. The number of aromatic nitrogens is 4. The normalized spacial score (nSPS) is 17.7. The number of benzene rings is 1. The maximum atomic E-state index is 9.89. The molecule has 0 unspecified atom stereocenters. The van der Waals surface area contributed by atoms with Gasteiger partial charge < -0.3 is 15.7 Å². The van der Waals surface area contributed by atoms with Gasteiger partial charge in [0.15, 0.2) is 0 Å². The molecule has 0 bridgehead atoms. The lowest BCUT2D eigenvalue weighted by molar-refractivity contribution is 0.219. The predicted octanol–water partition coefficient (Wildman–Crippen LogP) is 3.21. The maximum absolute atomic E-state index is 9.89. The highest BCUT2D eigenvalue weighted by Gasteiger charge is 2.35. The second kappa shape index (κ2) is 7.18. The van der Waals surface area contributed by atoms with E-state index in [1.54, 1.807) is 12.4 Å². The summed E-state index contributed by atoms with van der Waals surface area (Å²) < 4.78 is 1.86.